The molecule has 1 aromatic carbocycles. The standard InChI is InChI=1S/C21H21ClFN7O/c22-15-5-1-6-16(23)14(15)11-29-8-2-4-12(29)10-13-18(24)26-21(25)30-20(13)27-19(28-30)17-7-3-9-31-17/h1,3,5-7,9,12H,2,4,8,10-11,24H2,(H2,25,26). The monoisotopic (exact) mass is 441 g/mol. The fraction of sp³-hybridized carbons (Fsp3) is 0.286. The molecule has 160 valence electrons. The van der Waals surface area contributed by atoms with Gasteiger partial charge in [-0.05, 0) is 50.1 Å². The summed E-state index contributed by atoms with van der Waals surface area (Å²) in [5.74, 6) is 1.12. The number of halogens is 2. The van der Waals surface area contributed by atoms with Gasteiger partial charge < -0.3 is 15.9 Å². The number of aromatic nitrogens is 4. The van der Waals surface area contributed by atoms with Gasteiger partial charge in [0.05, 0.1) is 6.26 Å². The minimum absolute atomic E-state index is 0.135. The molecule has 0 aliphatic carbocycles. The van der Waals surface area contributed by atoms with Gasteiger partial charge in [0.25, 0.3) is 0 Å². The Morgan fingerprint density at radius 1 is 1.16 bits per heavy atom. The fourth-order valence-electron chi connectivity index (χ4n) is 4.18. The Morgan fingerprint density at radius 3 is 2.81 bits per heavy atom. The molecule has 10 heteroatoms. The van der Waals surface area contributed by atoms with Gasteiger partial charge in [0.1, 0.15) is 11.6 Å². The summed E-state index contributed by atoms with van der Waals surface area (Å²) in [5.41, 5.74) is 14.1. The lowest BCUT2D eigenvalue weighted by atomic mass is 10.0. The van der Waals surface area contributed by atoms with Gasteiger partial charge in [-0.15, -0.1) is 5.10 Å². The smallest absolute Gasteiger partial charge is 0.225 e. The summed E-state index contributed by atoms with van der Waals surface area (Å²) in [7, 11) is 0. The number of nitrogens with zero attached hydrogens (tertiary/aromatic N) is 5. The van der Waals surface area contributed by atoms with E-state index in [-0.39, 0.29) is 17.8 Å². The third-order valence-electron chi connectivity index (χ3n) is 5.74. The van der Waals surface area contributed by atoms with Crippen molar-refractivity contribution in [2.24, 2.45) is 0 Å². The highest BCUT2D eigenvalue weighted by Gasteiger charge is 2.29. The molecule has 31 heavy (non-hydrogen) atoms. The molecule has 0 amide bonds. The third kappa shape index (κ3) is 3.60. The molecule has 1 unspecified atom stereocenters. The number of hydrogen-bond donors (Lipinski definition) is 2. The van der Waals surface area contributed by atoms with Crippen molar-refractivity contribution < 1.29 is 8.81 Å². The molecule has 4 N–H and O–H groups in total. The van der Waals surface area contributed by atoms with Gasteiger partial charge in [-0.25, -0.2) is 9.37 Å². The summed E-state index contributed by atoms with van der Waals surface area (Å²) in [5, 5.41) is 4.86. The lowest BCUT2D eigenvalue weighted by Gasteiger charge is -2.25. The Bertz CT molecular complexity index is 1220. The summed E-state index contributed by atoms with van der Waals surface area (Å²) in [6.45, 7) is 1.28. The van der Waals surface area contributed by atoms with Crippen LogP contribution in [0, 0.1) is 5.82 Å². The minimum atomic E-state index is -0.297. The number of rotatable bonds is 5. The van der Waals surface area contributed by atoms with E-state index in [2.05, 4.69) is 20.0 Å². The first-order valence-corrected chi connectivity index (χ1v) is 10.4. The lowest BCUT2D eigenvalue weighted by Crippen LogP contribution is -2.31. The number of likely N-dealkylation sites (tertiary alicyclic amines) is 1. The first kappa shape index (κ1) is 19.8. The lowest BCUT2D eigenvalue weighted by molar-refractivity contribution is 0.241. The van der Waals surface area contributed by atoms with Gasteiger partial charge in [-0.2, -0.15) is 9.50 Å². The maximum atomic E-state index is 14.3. The van der Waals surface area contributed by atoms with E-state index >= 15 is 0 Å². The van der Waals surface area contributed by atoms with Crippen molar-refractivity contribution in [1.82, 2.24) is 24.5 Å². The Hall–Kier alpha value is -3.17. The van der Waals surface area contributed by atoms with Crippen LogP contribution in [-0.4, -0.2) is 37.1 Å². The van der Waals surface area contributed by atoms with Gasteiger partial charge in [-0.1, -0.05) is 17.7 Å². The second-order valence-electron chi connectivity index (χ2n) is 7.65. The Labute approximate surface area is 182 Å². The van der Waals surface area contributed by atoms with Gasteiger partial charge in [-0.3, -0.25) is 4.90 Å². The third-order valence-corrected chi connectivity index (χ3v) is 6.10. The van der Waals surface area contributed by atoms with E-state index in [0.29, 0.717) is 46.6 Å². The molecule has 1 aliphatic heterocycles. The van der Waals surface area contributed by atoms with Crippen LogP contribution in [0.2, 0.25) is 5.02 Å². The highest BCUT2D eigenvalue weighted by atomic mass is 35.5. The number of fused-ring (bicyclic) bond motifs is 1. The molecule has 0 radical (unpaired) electrons. The van der Waals surface area contributed by atoms with Crippen molar-refractivity contribution in [1.29, 1.82) is 0 Å². The summed E-state index contributed by atoms with van der Waals surface area (Å²) >= 11 is 6.25. The summed E-state index contributed by atoms with van der Waals surface area (Å²) in [6.07, 6.45) is 4.09. The van der Waals surface area contributed by atoms with Crippen LogP contribution in [0.1, 0.15) is 24.0 Å². The molecule has 0 spiro atoms. The van der Waals surface area contributed by atoms with E-state index in [0.717, 1.165) is 24.9 Å². The second-order valence-corrected chi connectivity index (χ2v) is 8.06. The van der Waals surface area contributed by atoms with Crippen molar-refractivity contribution in [3.05, 3.63) is 58.6 Å². The predicted molar refractivity (Wildman–Crippen MR) is 116 cm³/mol. The van der Waals surface area contributed by atoms with Crippen molar-refractivity contribution in [2.75, 3.05) is 18.0 Å². The van der Waals surface area contributed by atoms with Crippen LogP contribution < -0.4 is 11.5 Å². The molecule has 3 aromatic heterocycles. The zero-order chi connectivity index (χ0) is 21.5. The van der Waals surface area contributed by atoms with Crippen molar-refractivity contribution >= 4 is 29.0 Å². The maximum absolute atomic E-state index is 14.3. The second kappa shape index (κ2) is 7.82. The molecular formula is C21H21ClFN7O. The molecule has 8 nitrogen and oxygen atoms in total. The van der Waals surface area contributed by atoms with Crippen LogP contribution in [-0.2, 0) is 13.0 Å². The minimum Gasteiger partial charge on any atom is -0.461 e. The van der Waals surface area contributed by atoms with Crippen molar-refractivity contribution in [3.63, 3.8) is 0 Å². The Balaban J connectivity index is 1.48. The van der Waals surface area contributed by atoms with Gasteiger partial charge in [0, 0.05) is 28.7 Å². The number of hydrogen-bond acceptors (Lipinski definition) is 7. The van der Waals surface area contributed by atoms with E-state index < -0.39 is 0 Å². The predicted octanol–water partition coefficient (Wildman–Crippen LogP) is 3.55. The Morgan fingerprint density at radius 2 is 2.03 bits per heavy atom. The number of nitrogens with two attached hydrogens (primary N) is 2. The molecule has 1 saturated heterocycles. The molecule has 4 aromatic rings. The summed E-state index contributed by atoms with van der Waals surface area (Å²) in [4.78, 5) is 11.1. The van der Waals surface area contributed by atoms with Crippen molar-refractivity contribution in [3.8, 4) is 11.6 Å². The first-order chi connectivity index (χ1) is 15.0. The zero-order valence-electron chi connectivity index (χ0n) is 16.6. The van der Waals surface area contributed by atoms with Crippen LogP contribution >= 0.6 is 11.6 Å². The zero-order valence-corrected chi connectivity index (χ0v) is 17.4. The van der Waals surface area contributed by atoms with E-state index in [1.54, 1.807) is 30.5 Å². The Kier molecular flexibility index (Phi) is 4.99. The molecule has 5 rings (SSSR count). The van der Waals surface area contributed by atoms with Gasteiger partial charge in [0.15, 0.2) is 11.4 Å². The highest BCUT2D eigenvalue weighted by molar-refractivity contribution is 6.31. The number of furan rings is 1. The molecule has 1 fully saturated rings. The first-order valence-electron chi connectivity index (χ1n) is 10.0. The van der Waals surface area contributed by atoms with E-state index in [1.807, 2.05) is 0 Å². The average Bonchev–Trinajstić information content (AvgIpc) is 3.49. The molecule has 1 aliphatic rings. The van der Waals surface area contributed by atoms with E-state index in [4.69, 9.17) is 27.5 Å². The highest BCUT2D eigenvalue weighted by Crippen LogP contribution is 2.30. The van der Waals surface area contributed by atoms with Crippen LogP contribution in [0.15, 0.2) is 41.0 Å². The van der Waals surface area contributed by atoms with Gasteiger partial charge in [0.2, 0.25) is 11.8 Å². The largest absolute Gasteiger partial charge is 0.461 e. The number of nitrogen functional groups attached to an aromatic ring is 2. The quantitative estimate of drug-likeness (QED) is 0.487. The molecule has 0 bridgehead atoms. The SMILES string of the molecule is Nc1nc(N)n2nc(-c3ccco3)nc2c1CC1CCCN1Cc1c(F)cccc1Cl. The van der Waals surface area contributed by atoms with E-state index in [9.17, 15) is 4.39 Å². The fourth-order valence-corrected chi connectivity index (χ4v) is 4.41. The maximum Gasteiger partial charge on any atom is 0.225 e. The van der Waals surface area contributed by atoms with Crippen LogP contribution in [0.5, 0.6) is 0 Å². The topological polar surface area (TPSA) is 111 Å². The van der Waals surface area contributed by atoms with Gasteiger partial charge >= 0.3 is 0 Å². The summed E-state index contributed by atoms with van der Waals surface area (Å²) in [6, 6.07) is 8.44. The van der Waals surface area contributed by atoms with Crippen LogP contribution in [0.3, 0.4) is 0 Å². The molecule has 1 atom stereocenters. The molecule has 0 saturated carbocycles. The van der Waals surface area contributed by atoms with E-state index in [1.165, 1.54) is 10.6 Å². The molecule has 4 heterocycles. The average molecular weight is 442 g/mol. The van der Waals surface area contributed by atoms with Crippen LogP contribution in [0.4, 0.5) is 16.2 Å². The number of anilines is 2. The van der Waals surface area contributed by atoms with Crippen LogP contribution in [0.25, 0.3) is 17.2 Å². The normalized spacial score (nSPS) is 17.0. The molecular weight excluding hydrogens is 421 g/mol. The number of benzene rings is 1. The summed E-state index contributed by atoms with van der Waals surface area (Å²) < 4.78 is 21.2. The van der Waals surface area contributed by atoms with Crippen molar-refractivity contribution in [2.45, 2.75) is 31.8 Å².